The maximum absolute atomic E-state index is 11.5. The van der Waals surface area contributed by atoms with Crippen molar-refractivity contribution < 1.29 is 14.8 Å². The third-order valence-electron chi connectivity index (χ3n) is 3.47. The highest BCUT2D eigenvalue weighted by molar-refractivity contribution is 6.33. The van der Waals surface area contributed by atoms with Gasteiger partial charge in [0.1, 0.15) is 11.4 Å². The normalized spacial score (nSPS) is 12.0. The number of anilines is 3. The molecule has 2 aromatic carbocycles. The molecule has 1 atom stereocenters. The van der Waals surface area contributed by atoms with Gasteiger partial charge < -0.3 is 21.5 Å². The molecule has 2 aromatic rings. The second-order valence-corrected chi connectivity index (χ2v) is 6.37. The summed E-state index contributed by atoms with van der Waals surface area (Å²) in [5, 5.41) is 34.1. The van der Waals surface area contributed by atoms with Crippen molar-refractivity contribution in [3.63, 3.8) is 0 Å². The largest absolute Gasteiger partial charge is 0.397 e. The van der Waals surface area contributed by atoms with E-state index in [1.807, 2.05) is 0 Å². The van der Waals surface area contributed by atoms with E-state index in [4.69, 9.17) is 17.3 Å². The van der Waals surface area contributed by atoms with E-state index in [1.165, 1.54) is 31.2 Å². The van der Waals surface area contributed by atoms with Crippen LogP contribution in [0, 0.1) is 10.1 Å². The number of carbonyl (C=O) groups is 1. The van der Waals surface area contributed by atoms with Crippen LogP contribution in [0.1, 0.15) is 13.8 Å². The number of azo groups is 1. The van der Waals surface area contributed by atoms with Gasteiger partial charge >= 0.3 is 0 Å². The molecular formula is C17H19ClN6O4. The standard InChI is InChI=1S/C17H19ClN6O4/c1-9(25)8-20-15-7-16(21-10(2)26)17(6-12(15)18)23-22-14-4-3-11(24(27)28)5-13(14)19/h3-7,9,20,25H,8,19H2,1-2H3,(H,21,26)/b23-22+. The monoisotopic (exact) mass is 406 g/mol. The summed E-state index contributed by atoms with van der Waals surface area (Å²) in [6, 6.07) is 6.87. The number of non-ortho nitro benzene ring substituents is 1. The van der Waals surface area contributed by atoms with Crippen LogP contribution in [0.5, 0.6) is 0 Å². The molecule has 2 rings (SSSR count). The molecule has 11 heteroatoms. The van der Waals surface area contributed by atoms with Crippen LogP contribution < -0.4 is 16.4 Å². The molecule has 10 nitrogen and oxygen atoms in total. The molecular weight excluding hydrogens is 388 g/mol. The molecule has 148 valence electrons. The van der Waals surface area contributed by atoms with Crippen molar-refractivity contribution in [2.45, 2.75) is 20.0 Å². The van der Waals surface area contributed by atoms with Gasteiger partial charge in [0.2, 0.25) is 5.91 Å². The summed E-state index contributed by atoms with van der Waals surface area (Å²) < 4.78 is 0. The summed E-state index contributed by atoms with van der Waals surface area (Å²) >= 11 is 6.23. The molecule has 0 radical (unpaired) electrons. The summed E-state index contributed by atoms with van der Waals surface area (Å²) in [7, 11) is 0. The molecule has 0 heterocycles. The van der Waals surface area contributed by atoms with Crippen LogP contribution in [-0.2, 0) is 4.79 Å². The Morgan fingerprint density at radius 3 is 2.54 bits per heavy atom. The quantitative estimate of drug-likeness (QED) is 0.235. The predicted molar refractivity (Wildman–Crippen MR) is 108 cm³/mol. The number of halogens is 1. The van der Waals surface area contributed by atoms with Crippen molar-refractivity contribution in [1.29, 1.82) is 0 Å². The number of nitrogen functional groups attached to an aromatic ring is 1. The molecule has 0 aliphatic heterocycles. The molecule has 5 N–H and O–H groups in total. The Hall–Kier alpha value is -3.24. The molecule has 0 spiro atoms. The van der Waals surface area contributed by atoms with Crippen LogP contribution in [0.3, 0.4) is 0 Å². The number of amides is 1. The predicted octanol–water partition coefficient (Wildman–Crippen LogP) is 4.00. The number of nitrogens with zero attached hydrogens (tertiary/aromatic N) is 3. The molecule has 0 saturated carbocycles. The molecule has 0 bridgehead atoms. The lowest BCUT2D eigenvalue weighted by molar-refractivity contribution is -0.384. The molecule has 0 fully saturated rings. The van der Waals surface area contributed by atoms with Crippen molar-refractivity contribution in [1.82, 2.24) is 0 Å². The Kier molecular flexibility index (Phi) is 6.85. The molecule has 0 aliphatic rings. The number of aliphatic hydroxyl groups excluding tert-OH is 1. The van der Waals surface area contributed by atoms with Crippen LogP contribution in [0.2, 0.25) is 5.02 Å². The molecule has 0 saturated heterocycles. The minimum absolute atomic E-state index is 0.0837. The Morgan fingerprint density at radius 1 is 1.29 bits per heavy atom. The minimum atomic E-state index is -0.593. The fraction of sp³-hybridized carbons (Fsp3) is 0.235. The van der Waals surface area contributed by atoms with Gasteiger partial charge in [-0.25, -0.2) is 0 Å². The highest BCUT2D eigenvalue weighted by atomic mass is 35.5. The van der Waals surface area contributed by atoms with Crippen molar-refractivity contribution in [3.05, 3.63) is 45.5 Å². The zero-order valence-electron chi connectivity index (χ0n) is 15.1. The fourth-order valence-corrected chi connectivity index (χ4v) is 2.41. The molecule has 0 aliphatic carbocycles. The smallest absolute Gasteiger partial charge is 0.271 e. The average Bonchev–Trinajstić information content (AvgIpc) is 2.60. The first kappa shape index (κ1) is 21.1. The first-order valence-corrected chi connectivity index (χ1v) is 8.54. The first-order valence-electron chi connectivity index (χ1n) is 8.16. The number of hydrogen-bond donors (Lipinski definition) is 4. The maximum atomic E-state index is 11.5. The van der Waals surface area contributed by atoms with Crippen molar-refractivity contribution >= 4 is 51.6 Å². The number of carbonyl (C=O) groups excluding carboxylic acids is 1. The molecule has 1 unspecified atom stereocenters. The van der Waals surface area contributed by atoms with Gasteiger partial charge in [-0.05, 0) is 25.1 Å². The van der Waals surface area contributed by atoms with Gasteiger partial charge in [0, 0.05) is 25.6 Å². The van der Waals surface area contributed by atoms with Gasteiger partial charge in [0.15, 0.2) is 0 Å². The average molecular weight is 407 g/mol. The Morgan fingerprint density at radius 2 is 1.96 bits per heavy atom. The molecule has 0 aromatic heterocycles. The van der Waals surface area contributed by atoms with Gasteiger partial charge in [-0.2, -0.15) is 0 Å². The van der Waals surface area contributed by atoms with Crippen LogP contribution in [0.4, 0.5) is 34.1 Å². The van der Waals surface area contributed by atoms with E-state index in [-0.39, 0.29) is 35.2 Å². The Balaban J connectivity index is 2.37. The van der Waals surface area contributed by atoms with Crippen LogP contribution >= 0.6 is 11.6 Å². The van der Waals surface area contributed by atoms with Gasteiger partial charge in [0.05, 0.1) is 33.1 Å². The summed E-state index contributed by atoms with van der Waals surface area (Å²) in [5.74, 6) is -0.324. The maximum Gasteiger partial charge on any atom is 0.271 e. The third kappa shape index (κ3) is 5.63. The van der Waals surface area contributed by atoms with Gasteiger partial charge in [-0.1, -0.05) is 11.6 Å². The van der Waals surface area contributed by atoms with Gasteiger partial charge in [-0.3, -0.25) is 14.9 Å². The summed E-state index contributed by atoms with van der Waals surface area (Å²) in [4.78, 5) is 21.7. The lowest BCUT2D eigenvalue weighted by Gasteiger charge is -2.14. The van der Waals surface area contributed by atoms with E-state index in [0.717, 1.165) is 0 Å². The fourth-order valence-electron chi connectivity index (χ4n) is 2.18. The number of nitrogens with one attached hydrogen (secondary N) is 2. The third-order valence-corrected chi connectivity index (χ3v) is 3.78. The number of hydrogen-bond acceptors (Lipinski definition) is 8. The lowest BCUT2D eigenvalue weighted by Crippen LogP contribution is -2.16. The van der Waals surface area contributed by atoms with Gasteiger partial charge in [0.25, 0.3) is 5.69 Å². The SMILES string of the molecule is CC(=O)Nc1cc(NCC(C)O)c(Cl)cc1/N=N/c1ccc([N+](=O)[O-])cc1N. The molecule has 28 heavy (non-hydrogen) atoms. The minimum Gasteiger partial charge on any atom is -0.397 e. The van der Waals surface area contributed by atoms with E-state index in [1.54, 1.807) is 13.0 Å². The van der Waals surface area contributed by atoms with E-state index in [2.05, 4.69) is 20.9 Å². The highest BCUT2D eigenvalue weighted by Gasteiger charge is 2.12. The summed E-state index contributed by atoms with van der Waals surface area (Å²) in [6.45, 7) is 3.22. The topological polar surface area (TPSA) is 155 Å². The van der Waals surface area contributed by atoms with Crippen LogP contribution in [0.15, 0.2) is 40.6 Å². The Labute approximate surface area is 165 Å². The summed E-state index contributed by atoms with van der Waals surface area (Å²) in [6.07, 6.45) is -0.593. The van der Waals surface area contributed by atoms with Gasteiger partial charge in [-0.15, -0.1) is 10.2 Å². The number of aliphatic hydroxyl groups is 1. The van der Waals surface area contributed by atoms with E-state index >= 15 is 0 Å². The highest BCUT2D eigenvalue weighted by Crippen LogP contribution is 2.36. The zero-order valence-corrected chi connectivity index (χ0v) is 15.9. The van der Waals surface area contributed by atoms with Crippen molar-refractivity contribution in [2.75, 3.05) is 22.9 Å². The van der Waals surface area contributed by atoms with Crippen molar-refractivity contribution in [3.8, 4) is 0 Å². The Bertz CT molecular complexity index is 932. The van der Waals surface area contributed by atoms with E-state index < -0.39 is 11.0 Å². The van der Waals surface area contributed by atoms with Crippen LogP contribution in [0.25, 0.3) is 0 Å². The number of nitro benzene ring substituents is 1. The number of nitro groups is 1. The number of nitrogens with two attached hydrogens (primary N) is 1. The first-order chi connectivity index (χ1) is 13.2. The van der Waals surface area contributed by atoms with E-state index in [9.17, 15) is 20.0 Å². The zero-order chi connectivity index (χ0) is 20.8. The van der Waals surface area contributed by atoms with Crippen LogP contribution in [-0.4, -0.2) is 28.6 Å². The van der Waals surface area contributed by atoms with E-state index in [0.29, 0.717) is 16.4 Å². The number of benzene rings is 2. The van der Waals surface area contributed by atoms with Crippen molar-refractivity contribution in [2.24, 2.45) is 10.2 Å². The lowest BCUT2D eigenvalue weighted by atomic mass is 10.2. The molecule has 1 amide bonds. The second kappa shape index (κ2) is 9.11. The second-order valence-electron chi connectivity index (χ2n) is 5.96. The number of rotatable bonds is 7. The summed E-state index contributed by atoms with van der Waals surface area (Å²) in [5.41, 5.74) is 7.03.